The summed E-state index contributed by atoms with van der Waals surface area (Å²) < 4.78 is 4.49. The zero-order valence-corrected chi connectivity index (χ0v) is 18.3. The van der Waals surface area contributed by atoms with Gasteiger partial charge in [0.15, 0.2) is 5.82 Å². The molecule has 4 nitrogen and oxygen atoms in total. The van der Waals surface area contributed by atoms with E-state index in [0.717, 1.165) is 28.4 Å². The van der Waals surface area contributed by atoms with Gasteiger partial charge in [-0.2, -0.15) is 0 Å². The smallest absolute Gasteiger partial charge is 0.161 e. The Balaban J connectivity index is 1.49. The maximum Gasteiger partial charge on any atom is 0.161 e. The molecular weight excluding hydrogens is 416 g/mol. The van der Waals surface area contributed by atoms with E-state index in [9.17, 15) is 0 Å². The SMILES string of the molecule is c1ccc(-c2nccc(-n3ccc4cc5c6ccccc6n(-c6ccccc6)c5cc43)n2)cc1. The Bertz CT molecular complexity index is 1790. The van der Waals surface area contributed by atoms with E-state index in [0.29, 0.717) is 0 Å². The Morgan fingerprint density at radius 2 is 1.35 bits per heavy atom. The first-order valence-electron chi connectivity index (χ1n) is 11.4. The molecule has 0 aliphatic heterocycles. The second-order valence-corrected chi connectivity index (χ2v) is 8.41. The molecule has 0 aliphatic carbocycles. The lowest BCUT2D eigenvalue weighted by Crippen LogP contribution is -1.99. The molecule has 0 amide bonds. The van der Waals surface area contributed by atoms with Crippen molar-refractivity contribution in [2.75, 3.05) is 0 Å². The number of nitrogens with zero attached hydrogens (tertiary/aromatic N) is 4. The van der Waals surface area contributed by atoms with Crippen molar-refractivity contribution in [2.24, 2.45) is 0 Å². The highest BCUT2D eigenvalue weighted by atomic mass is 15.1. The van der Waals surface area contributed by atoms with E-state index in [-0.39, 0.29) is 0 Å². The first-order valence-corrected chi connectivity index (χ1v) is 11.4. The van der Waals surface area contributed by atoms with Gasteiger partial charge in [0.2, 0.25) is 0 Å². The Kier molecular flexibility index (Phi) is 4.11. The van der Waals surface area contributed by atoms with Gasteiger partial charge in [0.25, 0.3) is 0 Å². The molecule has 0 saturated carbocycles. The molecule has 4 aromatic carbocycles. The van der Waals surface area contributed by atoms with Gasteiger partial charge in [0, 0.05) is 39.8 Å². The topological polar surface area (TPSA) is 35.6 Å². The number of aromatic nitrogens is 4. The van der Waals surface area contributed by atoms with Crippen LogP contribution in [0, 0.1) is 0 Å². The molecule has 7 rings (SSSR count). The first kappa shape index (κ1) is 18.8. The molecule has 34 heavy (non-hydrogen) atoms. The van der Waals surface area contributed by atoms with Gasteiger partial charge >= 0.3 is 0 Å². The Labute approximate surface area is 196 Å². The fraction of sp³-hybridized carbons (Fsp3) is 0. The fourth-order valence-electron chi connectivity index (χ4n) is 4.86. The minimum Gasteiger partial charge on any atom is -0.309 e. The van der Waals surface area contributed by atoms with Crippen molar-refractivity contribution < 1.29 is 0 Å². The monoisotopic (exact) mass is 436 g/mol. The molecule has 4 heteroatoms. The Hall–Kier alpha value is -4.70. The van der Waals surface area contributed by atoms with E-state index in [2.05, 4.69) is 93.1 Å². The van der Waals surface area contributed by atoms with Crippen molar-refractivity contribution in [2.45, 2.75) is 0 Å². The van der Waals surface area contributed by atoms with Crippen molar-refractivity contribution >= 4 is 32.7 Å². The van der Waals surface area contributed by atoms with Crippen molar-refractivity contribution in [1.29, 1.82) is 0 Å². The van der Waals surface area contributed by atoms with E-state index in [4.69, 9.17) is 4.98 Å². The first-order chi connectivity index (χ1) is 16.9. The summed E-state index contributed by atoms with van der Waals surface area (Å²) in [6.45, 7) is 0. The van der Waals surface area contributed by atoms with Gasteiger partial charge in [0.1, 0.15) is 5.82 Å². The van der Waals surface area contributed by atoms with E-state index < -0.39 is 0 Å². The molecule has 0 N–H and O–H groups in total. The molecule has 160 valence electrons. The maximum absolute atomic E-state index is 4.88. The number of rotatable bonds is 3. The molecule has 0 radical (unpaired) electrons. The van der Waals surface area contributed by atoms with Crippen molar-refractivity contribution in [3.63, 3.8) is 0 Å². The van der Waals surface area contributed by atoms with Crippen LogP contribution in [0.1, 0.15) is 0 Å². The van der Waals surface area contributed by atoms with Crippen molar-refractivity contribution in [1.82, 2.24) is 19.1 Å². The molecule has 0 bridgehead atoms. The van der Waals surface area contributed by atoms with E-state index >= 15 is 0 Å². The summed E-state index contributed by atoms with van der Waals surface area (Å²) in [7, 11) is 0. The van der Waals surface area contributed by atoms with Crippen LogP contribution in [0.5, 0.6) is 0 Å². The molecule has 7 aromatic rings. The third kappa shape index (κ3) is 2.86. The van der Waals surface area contributed by atoms with E-state index in [1.165, 1.54) is 27.2 Å². The summed E-state index contributed by atoms with van der Waals surface area (Å²) in [5.74, 6) is 1.57. The lowest BCUT2D eigenvalue weighted by atomic mass is 10.1. The van der Waals surface area contributed by atoms with Gasteiger partial charge in [-0.05, 0) is 42.5 Å². The van der Waals surface area contributed by atoms with Crippen LogP contribution in [0.2, 0.25) is 0 Å². The Morgan fingerprint density at radius 3 is 2.21 bits per heavy atom. The fourth-order valence-corrected chi connectivity index (χ4v) is 4.86. The third-order valence-electron chi connectivity index (χ3n) is 6.42. The lowest BCUT2D eigenvalue weighted by molar-refractivity contribution is 1.02. The molecule has 3 aromatic heterocycles. The predicted molar refractivity (Wildman–Crippen MR) is 139 cm³/mol. The number of fused-ring (bicyclic) bond motifs is 4. The molecule has 0 unspecified atom stereocenters. The molecular formula is C30H20N4. The summed E-state index contributed by atoms with van der Waals surface area (Å²) in [5.41, 5.74) is 5.66. The van der Waals surface area contributed by atoms with Crippen molar-refractivity contribution in [3.05, 3.63) is 122 Å². The molecule has 0 spiro atoms. The highest BCUT2D eigenvalue weighted by Gasteiger charge is 2.15. The minimum atomic E-state index is 0.722. The zero-order chi connectivity index (χ0) is 22.5. The highest BCUT2D eigenvalue weighted by molar-refractivity contribution is 6.13. The number of para-hydroxylation sites is 2. The average molecular weight is 437 g/mol. The van der Waals surface area contributed by atoms with Crippen LogP contribution in [0.15, 0.2) is 122 Å². The normalized spacial score (nSPS) is 11.5. The Morgan fingerprint density at radius 1 is 0.588 bits per heavy atom. The molecule has 0 fully saturated rings. The predicted octanol–water partition coefficient (Wildman–Crippen LogP) is 7.18. The van der Waals surface area contributed by atoms with Gasteiger partial charge in [-0.1, -0.05) is 66.7 Å². The molecule has 0 aliphatic rings. The van der Waals surface area contributed by atoms with Gasteiger partial charge in [-0.3, -0.25) is 0 Å². The van der Waals surface area contributed by atoms with Crippen LogP contribution in [0.3, 0.4) is 0 Å². The number of benzene rings is 4. The van der Waals surface area contributed by atoms with Gasteiger partial charge in [-0.25, -0.2) is 9.97 Å². The second-order valence-electron chi connectivity index (χ2n) is 8.41. The van der Waals surface area contributed by atoms with E-state index in [1.807, 2.05) is 42.6 Å². The molecule has 3 heterocycles. The summed E-state index contributed by atoms with van der Waals surface area (Å²) in [6, 6.07) is 37.9. The second kappa shape index (κ2) is 7.42. The van der Waals surface area contributed by atoms with E-state index in [1.54, 1.807) is 0 Å². The van der Waals surface area contributed by atoms with Crippen LogP contribution < -0.4 is 0 Å². The van der Waals surface area contributed by atoms with Gasteiger partial charge < -0.3 is 9.13 Å². The van der Waals surface area contributed by atoms with Crippen LogP contribution in [-0.4, -0.2) is 19.1 Å². The maximum atomic E-state index is 4.88. The summed E-state index contributed by atoms with van der Waals surface area (Å²) in [5, 5.41) is 3.69. The number of hydrogen-bond donors (Lipinski definition) is 0. The summed E-state index contributed by atoms with van der Waals surface area (Å²) in [4.78, 5) is 9.39. The van der Waals surface area contributed by atoms with Crippen LogP contribution in [0.4, 0.5) is 0 Å². The summed E-state index contributed by atoms with van der Waals surface area (Å²) in [6.07, 6.45) is 3.92. The van der Waals surface area contributed by atoms with Crippen LogP contribution in [-0.2, 0) is 0 Å². The average Bonchev–Trinajstić information content (AvgIpc) is 3.47. The minimum absolute atomic E-state index is 0.722. The zero-order valence-electron chi connectivity index (χ0n) is 18.3. The van der Waals surface area contributed by atoms with Crippen LogP contribution >= 0.6 is 0 Å². The molecule has 0 saturated heterocycles. The quantitative estimate of drug-likeness (QED) is 0.294. The third-order valence-corrected chi connectivity index (χ3v) is 6.42. The van der Waals surface area contributed by atoms with Crippen molar-refractivity contribution in [3.8, 4) is 22.9 Å². The highest BCUT2D eigenvalue weighted by Crippen LogP contribution is 2.35. The summed E-state index contributed by atoms with van der Waals surface area (Å²) >= 11 is 0. The standard InChI is InChI=1S/C30H20N4/c1-3-9-21(10-4-1)30-31-17-15-29(32-30)33-18-16-22-19-25-24-13-7-8-14-26(24)34(28(25)20-27(22)33)23-11-5-2-6-12-23/h1-20H. The van der Waals surface area contributed by atoms with Crippen LogP contribution in [0.25, 0.3) is 55.6 Å². The van der Waals surface area contributed by atoms with Gasteiger partial charge in [-0.15, -0.1) is 0 Å². The largest absolute Gasteiger partial charge is 0.309 e. The number of hydrogen-bond acceptors (Lipinski definition) is 2. The van der Waals surface area contributed by atoms with Gasteiger partial charge in [0.05, 0.1) is 16.6 Å². The molecule has 0 atom stereocenters. The lowest BCUT2D eigenvalue weighted by Gasteiger charge is -2.09.